The number of rotatable bonds is 23. The van der Waals surface area contributed by atoms with Gasteiger partial charge in [0.05, 0.1) is 37.9 Å². The smallest absolute Gasteiger partial charge is 0.393 e. The van der Waals surface area contributed by atoms with Crippen molar-refractivity contribution in [1.82, 2.24) is 30.2 Å². The van der Waals surface area contributed by atoms with E-state index in [1.807, 2.05) is 0 Å². The molecule has 5 aliphatic rings. The van der Waals surface area contributed by atoms with Gasteiger partial charge in [-0.3, -0.25) is 32.5 Å². The van der Waals surface area contributed by atoms with Gasteiger partial charge in [0.1, 0.15) is 36.3 Å². The predicted molar refractivity (Wildman–Crippen MR) is 269 cm³/mol. The first-order chi connectivity index (χ1) is 35.4. The number of nitrogen functional groups attached to an aromatic ring is 1. The summed E-state index contributed by atoms with van der Waals surface area (Å²) in [7, 11) is -16.5. The monoisotopic (exact) mass is 1160 g/mol. The number of nitrogens with one attached hydrogen (secondary N) is 2. The molecule has 0 bridgehead atoms. The number of nitrogens with two attached hydrogens (primary N) is 1. The molecule has 31 heteroatoms. The molecule has 430 valence electrons. The number of thioether (sulfide) groups is 1. The first-order valence-corrected chi connectivity index (χ1v) is 31.0. The number of ether oxygens (including phenoxy) is 1. The molecule has 18 atom stereocenters. The first kappa shape index (κ1) is 61.1. The Morgan fingerprint density at radius 3 is 2.37 bits per heavy atom. The van der Waals surface area contributed by atoms with Gasteiger partial charge in [0, 0.05) is 37.1 Å². The number of amides is 2. The molecule has 2 aromatic heterocycles. The highest BCUT2D eigenvalue weighted by atomic mass is 32.2. The van der Waals surface area contributed by atoms with Gasteiger partial charge in [-0.25, -0.2) is 28.6 Å². The summed E-state index contributed by atoms with van der Waals surface area (Å²) in [6, 6.07) is 0. The summed E-state index contributed by atoms with van der Waals surface area (Å²) in [5.74, 6) is -0.0993. The van der Waals surface area contributed by atoms with Gasteiger partial charge in [-0.05, 0) is 97.7 Å². The van der Waals surface area contributed by atoms with Crippen LogP contribution in [0, 0.1) is 51.8 Å². The van der Waals surface area contributed by atoms with E-state index in [4.69, 9.17) is 19.5 Å². The lowest BCUT2D eigenvalue weighted by Crippen LogP contribution is -2.62. The van der Waals surface area contributed by atoms with Crippen molar-refractivity contribution in [2.45, 2.75) is 148 Å². The van der Waals surface area contributed by atoms with E-state index >= 15 is 0 Å². The van der Waals surface area contributed by atoms with Gasteiger partial charge in [-0.2, -0.15) is 4.31 Å². The number of anilines is 1. The molecule has 2 aromatic rings. The lowest BCUT2D eigenvalue weighted by Gasteiger charge is -2.63. The average molecular weight is 1160 g/mol. The fraction of sp³-hybridized carbons (Fsp3) is 0.822. The number of aliphatic hydroxyl groups is 5. The second-order valence-electron chi connectivity index (χ2n) is 22.3. The first-order valence-electron chi connectivity index (χ1n) is 25.5. The molecule has 13 N–H and O–H groups in total. The zero-order valence-corrected chi connectivity index (χ0v) is 46.5. The van der Waals surface area contributed by atoms with Crippen LogP contribution in [0.3, 0.4) is 0 Å². The molecule has 0 aromatic carbocycles. The van der Waals surface area contributed by atoms with E-state index < -0.39 is 96.8 Å². The molecule has 1 aliphatic heterocycles. The van der Waals surface area contributed by atoms with Crippen molar-refractivity contribution >= 4 is 69.1 Å². The zero-order chi connectivity index (χ0) is 55.9. The van der Waals surface area contributed by atoms with Gasteiger partial charge in [0.15, 0.2) is 22.8 Å². The van der Waals surface area contributed by atoms with Crippen LogP contribution in [0.5, 0.6) is 0 Å². The minimum Gasteiger partial charge on any atom is -0.393 e. The minimum absolute atomic E-state index is 0.0137. The third-order valence-electron chi connectivity index (χ3n) is 17.1. The Morgan fingerprint density at radius 2 is 1.66 bits per heavy atom. The summed E-state index contributed by atoms with van der Waals surface area (Å²) in [5.41, 5.74) is 3.86. The van der Waals surface area contributed by atoms with Crippen molar-refractivity contribution in [2.75, 3.05) is 37.8 Å². The Morgan fingerprint density at radius 1 is 0.947 bits per heavy atom. The van der Waals surface area contributed by atoms with Crippen LogP contribution >= 0.6 is 35.2 Å². The lowest BCUT2D eigenvalue weighted by atomic mass is 9.43. The molecular formula is C45H74N7O20P3S. The molecule has 4 saturated carbocycles. The summed E-state index contributed by atoms with van der Waals surface area (Å²) in [6.45, 7) is 7.05. The maximum Gasteiger partial charge on any atom is 0.481 e. The van der Waals surface area contributed by atoms with Crippen LogP contribution in [0.25, 0.3) is 11.2 Å². The molecule has 7 rings (SSSR count). The SMILES string of the molecule is C[C@H](CCC(=O)SCCNC(=O)CCNC(=O)[C@H](O)C(C)(C)COP(=O)(O)OP(=O)(O)OC[C@H]1O[C@@H](n2cnc3c(N)ncnc32)[C@H](O)[C@@H]1OP(=O)(O)O)[C@H]1CC[C@H]2[C@@H]3[C@H](O)C[C@@H]4C[C@H](O)CC[C@]4(C)[C@H]3CC(O)C12C. The summed E-state index contributed by atoms with van der Waals surface area (Å²) in [6.07, 6.45) is -1.83. The Bertz CT molecular complexity index is 2560. The summed E-state index contributed by atoms with van der Waals surface area (Å²) >= 11 is 1.10. The molecule has 1 saturated heterocycles. The third-order valence-corrected chi connectivity index (χ3v) is 21.1. The number of fused-ring (bicyclic) bond motifs is 6. The molecule has 27 nitrogen and oxygen atoms in total. The van der Waals surface area contributed by atoms with E-state index in [0.29, 0.717) is 37.9 Å². The molecule has 5 fully saturated rings. The molecule has 4 aliphatic carbocycles. The van der Waals surface area contributed by atoms with Gasteiger partial charge >= 0.3 is 23.5 Å². The van der Waals surface area contributed by atoms with E-state index in [0.717, 1.165) is 54.7 Å². The normalized spacial score (nSPS) is 35.0. The van der Waals surface area contributed by atoms with Gasteiger partial charge < -0.3 is 66.2 Å². The lowest BCUT2D eigenvalue weighted by molar-refractivity contribution is -0.207. The Balaban J connectivity index is 0.784. The van der Waals surface area contributed by atoms with Crippen LogP contribution in [-0.2, 0) is 50.7 Å². The summed E-state index contributed by atoms with van der Waals surface area (Å²) in [5, 5.41) is 60.6. The highest BCUT2D eigenvalue weighted by Crippen LogP contribution is 2.68. The van der Waals surface area contributed by atoms with Crippen LogP contribution < -0.4 is 16.4 Å². The number of hydrogen-bond donors (Lipinski definition) is 12. The van der Waals surface area contributed by atoms with Crippen molar-refractivity contribution in [3.63, 3.8) is 0 Å². The molecule has 4 unspecified atom stereocenters. The third kappa shape index (κ3) is 13.6. The topological polar surface area (TPSA) is 424 Å². The number of nitrogens with zero attached hydrogens (tertiary/aromatic N) is 4. The molecule has 76 heavy (non-hydrogen) atoms. The number of phosphoric ester groups is 3. The van der Waals surface area contributed by atoms with Crippen molar-refractivity contribution in [1.29, 1.82) is 0 Å². The average Bonchev–Trinajstić information content (AvgIpc) is 4.03. The van der Waals surface area contributed by atoms with Gasteiger partial charge in [-0.15, -0.1) is 0 Å². The zero-order valence-electron chi connectivity index (χ0n) is 43.0. The van der Waals surface area contributed by atoms with Crippen LogP contribution in [0.1, 0.15) is 105 Å². The van der Waals surface area contributed by atoms with Gasteiger partial charge in [-0.1, -0.05) is 46.4 Å². The van der Waals surface area contributed by atoms with Gasteiger partial charge in [0.2, 0.25) is 11.8 Å². The van der Waals surface area contributed by atoms with Crippen molar-refractivity contribution in [3.05, 3.63) is 12.7 Å². The van der Waals surface area contributed by atoms with E-state index in [1.165, 1.54) is 13.8 Å². The molecule has 3 heterocycles. The number of carbonyl (C=O) groups is 3. The number of imidazole rings is 1. The molecule has 0 spiro atoms. The second-order valence-corrected chi connectivity index (χ2v) is 27.7. The Labute approximate surface area is 443 Å². The Hall–Kier alpha value is -2.56. The number of aromatic nitrogens is 4. The fourth-order valence-electron chi connectivity index (χ4n) is 13.0. The van der Waals surface area contributed by atoms with Crippen molar-refractivity contribution < 1.29 is 95.8 Å². The molecular weight excluding hydrogens is 1080 g/mol. The van der Waals surface area contributed by atoms with Crippen LogP contribution in [0.15, 0.2) is 12.7 Å². The van der Waals surface area contributed by atoms with E-state index in [2.05, 4.69) is 55.2 Å². The molecule has 0 radical (unpaired) electrons. The number of aliphatic hydroxyl groups excluding tert-OH is 5. The standard InChI is InChI=1S/C45H74N7O20P3S/c1-23(26-7-8-27-34-28(18-31(55)45(26,27)5)44(4)12-10-25(53)16-24(44)17-29(34)54)6-9-33(57)76-15-14-47-32(56)11-13-48-41(60)38(59)43(2,3)20-69-75(66,67)72-74(64,65)68-19-30-37(71-73(61,62)63)36(58)42(70-30)52-22-51-35-39(46)49-21-50-40(35)52/h21-31,34,36-38,42,53-55,58-59H,6-20H2,1-5H3,(H,47,56)(H,48,60)(H,64,65)(H,66,67)(H2,46,49,50)(H2,61,62,63)/t23-,24+,25-,26-,27+,28+,29-,30-,31?,34+,36-,37-,38+,42-,44+,45?/m1/s1. The quantitative estimate of drug-likeness (QED) is 0.0559. The fourth-order valence-corrected chi connectivity index (χ4v) is 16.6. The summed E-state index contributed by atoms with van der Waals surface area (Å²) < 4.78 is 62.7. The van der Waals surface area contributed by atoms with Crippen LogP contribution in [0.2, 0.25) is 0 Å². The highest BCUT2D eigenvalue weighted by Gasteiger charge is 2.66. The number of phosphoric acid groups is 3. The minimum atomic E-state index is -5.60. The van der Waals surface area contributed by atoms with Crippen LogP contribution in [-0.4, -0.2) is 156 Å². The molecule has 2 amide bonds. The highest BCUT2D eigenvalue weighted by molar-refractivity contribution is 8.13. The largest absolute Gasteiger partial charge is 0.481 e. The number of carbonyl (C=O) groups excluding carboxylic acids is 3. The predicted octanol–water partition coefficient (Wildman–Crippen LogP) is 2.04. The number of hydrogen-bond acceptors (Lipinski definition) is 21. The van der Waals surface area contributed by atoms with E-state index in [1.54, 1.807) is 0 Å². The van der Waals surface area contributed by atoms with E-state index in [9.17, 15) is 73.2 Å². The van der Waals surface area contributed by atoms with Crippen LogP contribution in [0.4, 0.5) is 5.82 Å². The summed E-state index contributed by atoms with van der Waals surface area (Å²) in [4.78, 5) is 89.7. The maximum atomic E-state index is 13.0. The van der Waals surface area contributed by atoms with E-state index in [-0.39, 0.29) is 94.0 Å². The maximum absolute atomic E-state index is 13.0. The van der Waals surface area contributed by atoms with Gasteiger partial charge in [0.25, 0.3) is 0 Å². The second kappa shape index (κ2) is 23.9. The van der Waals surface area contributed by atoms with Crippen molar-refractivity contribution in [2.24, 2.45) is 51.8 Å². The Kier molecular flexibility index (Phi) is 19.2. The van der Waals surface area contributed by atoms with Crippen molar-refractivity contribution in [3.8, 4) is 0 Å².